The van der Waals surface area contributed by atoms with Gasteiger partial charge in [-0.05, 0) is 60.4 Å². The second kappa shape index (κ2) is 15.7. The van der Waals surface area contributed by atoms with Crippen LogP contribution in [0, 0.1) is 0 Å². The Kier molecular flexibility index (Phi) is 10.7. The Balaban J connectivity index is 1.76. The highest BCUT2D eigenvalue weighted by molar-refractivity contribution is 6.33. The molecule has 0 aliphatic heterocycles. The molecule has 0 unspecified atom stereocenters. The van der Waals surface area contributed by atoms with Crippen molar-refractivity contribution >= 4 is 55.2 Å². The summed E-state index contributed by atoms with van der Waals surface area (Å²) < 4.78 is 5.11. The van der Waals surface area contributed by atoms with E-state index in [0.29, 0.717) is 12.8 Å². The zero-order chi connectivity index (χ0) is 36.2. The molecule has 0 saturated carbocycles. The summed E-state index contributed by atoms with van der Waals surface area (Å²) in [6.07, 6.45) is 10.2. The van der Waals surface area contributed by atoms with Crippen molar-refractivity contribution in [2.45, 2.75) is 105 Å². The van der Waals surface area contributed by atoms with Crippen LogP contribution in [0.5, 0.6) is 0 Å². The number of aromatic nitrogens is 2. The molecule has 0 aliphatic rings. The van der Waals surface area contributed by atoms with Gasteiger partial charge in [0.25, 0.3) is 0 Å². The lowest BCUT2D eigenvalue weighted by atomic mass is 9.89. The lowest BCUT2D eigenvalue weighted by Gasteiger charge is -2.18. The minimum Gasteiger partial charge on any atom is -0.340 e. The molecule has 0 radical (unpaired) electrons. The van der Waals surface area contributed by atoms with Gasteiger partial charge in [-0.2, -0.15) is 0 Å². The first-order chi connectivity index (χ1) is 25.5. The molecular weight excluding hydrogens is 637 g/mol. The van der Waals surface area contributed by atoms with E-state index in [0.717, 1.165) is 71.8 Å². The van der Waals surface area contributed by atoms with E-state index in [2.05, 4.69) is 108 Å². The van der Waals surface area contributed by atoms with E-state index in [4.69, 9.17) is 0 Å². The summed E-state index contributed by atoms with van der Waals surface area (Å²) in [7, 11) is 0. The van der Waals surface area contributed by atoms with Crippen LogP contribution in [0.25, 0.3) is 65.9 Å². The Morgan fingerprint density at radius 1 is 0.481 bits per heavy atom. The second-order valence-corrected chi connectivity index (χ2v) is 14.4. The number of nitrogens with zero attached hydrogens (tertiary/aromatic N) is 2. The first-order valence-electron chi connectivity index (χ1n) is 19.8. The number of ketones is 2. The highest BCUT2D eigenvalue weighted by atomic mass is 16.1. The van der Waals surface area contributed by atoms with Gasteiger partial charge < -0.3 is 9.13 Å². The highest BCUT2D eigenvalue weighted by Gasteiger charge is 2.28. The van der Waals surface area contributed by atoms with Gasteiger partial charge in [-0.25, -0.2) is 0 Å². The largest absolute Gasteiger partial charge is 0.340 e. The number of hydrogen-bond donors (Lipinski definition) is 0. The van der Waals surface area contributed by atoms with E-state index in [-0.39, 0.29) is 11.6 Å². The van der Waals surface area contributed by atoms with Crippen LogP contribution in [0.3, 0.4) is 0 Å². The van der Waals surface area contributed by atoms with Gasteiger partial charge in [0.15, 0.2) is 11.6 Å². The van der Waals surface area contributed by atoms with Crippen LogP contribution in [-0.4, -0.2) is 20.7 Å². The predicted octanol–water partition coefficient (Wildman–Crippen LogP) is 13.6. The fourth-order valence-electron chi connectivity index (χ4n) is 8.36. The SMILES string of the molecule is CCCCCCn1c2ccc(C(=O)CC)cc2c2c(-c3ccccc3)c3c(c(-c4ccccc4)c21)c1cc(C(=O)CC)ccc1n3CCCCCC. The Morgan fingerprint density at radius 3 is 1.25 bits per heavy atom. The number of rotatable bonds is 16. The van der Waals surface area contributed by atoms with Crippen LogP contribution in [0.1, 0.15) is 113 Å². The maximum absolute atomic E-state index is 13.3. The third-order valence-electron chi connectivity index (χ3n) is 11.0. The maximum atomic E-state index is 13.3. The number of unbranched alkanes of at least 4 members (excludes halogenated alkanes) is 6. The van der Waals surface area contributed by atoms with Gasteiger partial charge in [0.05, 0.1) is 11.0 Å². The zero-order valence-electron chi connectivity index (χ0n) is 31.4. The van der Waals surface area contributed by atoms with Gasteiger partial charge in [-0.3, -0.25) is 9.59 Å². The summed E-state index contributed by atoms with van der Waals surface area (Å²) in [6, 6.07) is 34.5. The number of fused-ring (bicyclic) bond motifs is 6. The molecular formula is C48H52N2O2. The van der Waals surface area contributed by atoms with E-state index in [9.17, 15) is 9.59 Å². The number of aryl methyl sites for hydroxylation is 2. The highest BCUT2D eigenvalue weighted by Crippen LogP contribution is 2.51. The Morgan fingerprint density at radius 2 is 0.885 bits per heavy atom. The molecule has 7 rings (SSSR count). The zero-order valence-corrected chi connectivity index (χ0v) is 31.4. The van der Waals surface area contributed by atoms with Gasteiger partial charge >= 0.3 is 0 Å². The van der Waals surface area contributed by atoms with E-state index >= 15 is 0 Å². The van der Waals surface area contributed by atoms with Crippen molar-refractivity contribution in [2.24, 2.45) is 0 Å². The number of carbonyl (C=O) groups is 2. The standard InChI is InChI=1S/C48H52N2O2/c1-5-9-11-19-29-49-39-27-25-35(41(51)7-3)31-37(39)45-44(34-23-17-14-18-24-34)48-46(43(47(45)49)33-21-15-13-16-22-33)38-32-36(42(52)8-4)26-28-40(38)50(48)30-20-12-10-6-2/h13-18,21-28,31-32H,5-12,19-20,29-30H2,1-4H3. The molecule has 7 aromatic rings. The van der Waals surface area contributed by atoms with Crippen LogP contribution in [0.2, 0.25) is 0 Å². The molecule has 2 heterocycles. The molecule has 0 fully saturated rings. The third-order valence-corrected chi connectivity index (χ3v) is 11.0. The second-order valence-electron chi connectivity index (χ2n) is 14.4. The van der Waals surface area contributed by atoms with Crippen LogP contribution < -0.4 is 0 Å². The molecule has 0 saturated heterocycles. The summed E-state index contributed by atoms with van der Waals surface area (Å²) in [6.45, 7) is 10.2. The Hall–Kier alpha value is -4.96. The summed E-state index contributed by atoms with van der Waals surface area (Å²) in [5.74, 6) is 0.323. The monoisotopic (exact) mass is 688 g/mol. The van der Waals surface area contributed by atoms with Crippen LogP contribution in [0.15, 0.2) is 97.1 Å². The van der Waals surface area contributed by atoms with Crippen LogP contribution in [0.4, 0.5) is 0 Å². The van der Waals surface area contributed by atoms with Crippen molar-refractivity contribution in [1.82, 2.24) is 9.13 Å². The smallest absolute Gasteiger partial charge is 0.162 e. The fraction of sp³-hybridized carbons (Fsp3) is 0.333. The van der Waals surface area contributed by atoms with Crippen LogP contribution >= 0.6 is 0 Å². The lowest BCUT2D eigenvalue weighted by molar-refractivity contribution is 0.0980. The van der Waals surface area contributed by atoms with Gasteiger partial charge in [-0.1, -0.05) is 127 Å². The molecule has 0 aliphatic carbocycles. The van der Waals surface area contributed by atoms with E-state index in [1.54, 1.807) is 0 Å². The summed E-state index contributed by atoms with van der Waals surface area (Å²) >= 11 is 0. The van der Waals surface area contributed by atoms with E-state index in [1.165, 1.54) is 69.6 Å². The van der Waals surface area contributed by atoms with Crippen molar-refractivity contribution in [3.8, 4) is 22.3 Å². The summed E-state index contributed by atoms with van der Waals surface area (Å²) in [5, 5.41) is 4.67. The molecule has 4 heteroatoms. The first kappa shape index (κ1) is 35.4. The van der Waals surface area contributed by atoms with Crippen molar-refractivity contribution in [1.29, 1.82) is 0 Å². The fourth-order valence-corrected chi connectivity index (χ4v) is 8.36. The van der Waals surface area contributed by atoms with Gasteiger partial charge in [-0.15, -0.1) is 0 Å². The first-order valence-corrected chi connectivity index (χ1v) is 19.8. The average Bonchev–Trinajstić information content (AvgIpc) is 3.68. The summed E-state index contributed by atoms with van der Waals surface area (Å²) in [5.41, 5.74) is 11.0. The van der Waals surface area contributed by atoms with E-state index in [1.807, 2.05) is 26.0 Å². The average molecular weight is 689 g/mol. The molecule has 0 amide bonds. The molecule has 4 nitrogen and oxygen atoms in total. The molecule has 0 atom stereocenters. The van der Waals surface area contributed by atoms with Gasteiger partial charge in [0, 0.05) is 80.8 Å². The minimum atomic E-state index is 0.162. The molecule has 5 aromatic carbocycles. The Labute approximate surface area is 308 Å². The minimum absolute atomic E-state index is 0.162. The van der Waals surface area contributed by atoms with Crippen molar-refractivity contribution in [3.63, 3.8) is 0 Å². The van der Waals surface area contributed by atoms with Gasteiger partial charge in [0.2, 0.25) is 0 Å². The van der Waals surface area contributed by atoms with Crippen molar-refractivity contribution in [2.75, 3.05) is 0 Å². The van der Waals surface area contributed by atoms with Gasteiger partial charge in [0.1, 0.15) is 0 Å². The summed E-state index contributed by atoms with van der Waals surface area (Å²) in [4.78, 5) is 26.6. The van der Waals surface area contributed by atoms with Crippen LogP contribution in [-0.2, 0) is 13.1 Å². The van der Waals surface area contributed by atoms with Crippen molar-refractivity contribution in [3.05, 3.63) is 108 Å². The number of carbonyl (C=O) groups excluding carboxylic acids is 2. The normalized spacial score (nSPS) is 11.8. The maximum Gasteiger partial charge on any atom is 0.162 e. The van der Waals surface area contributed by atoms with E-state index < -0.39 is 0 Å². The predicted molar refractivity (Wildman–Crippen MR) is 221 cm³/mol. The Bertz CT molecular complexity index is 2210. The molecule has 0 spiro atoms. The molecule has 266 valence electrons. The third kappa shape index (κ3) is 6.38. The number of Topliss-reactive ketones (excluding diaryl/α,β-unsaturated/α-hetero) is 2. The number of hydrogen-bond acceptors (Lipinski definition) is 2. The molecule has 2 aromatic heterocycles. The topological polar surface area (TPSA) is 44.0 Å². The molecule has 0 N–H and O–H groups in total. The lowest BCUT2D eigenvalue weighted by Crippen LogP contribution is -2.02. The number of benzene rings is 5. The molecule has 0 bridgehead atoms. The molecule has 52 heavy (non-hydrogen) atoms. The quantitative estimate of drug-likeness (QED) is 0.0749. The van der Waals surface area contributed by atoms with Crippen molar-refractivity contribution < 1.29 is 9.59 Å².